The van der Waals surface area contributed by atoms with Gasteiger partial charge in [-0.15, -0.1) is 0 Å². The van der Waals surface area contributed by atoms with Gasteiger partial charge in [0.25, 0.3) is 0 Å². The third-order valence-electron chi connectivity index (χ3n) is 2.34. The summed E-state index contributed by atoms with van der Waals surface area (Å²) in [5.74, 6) is 3.43. The average Bonchev–Trinajstić information content (AvgIpc) is 2.48. The Kier molecular flexibility index (Phi) is 2.83. The summed E-state index contributed by atoms with van der Waals surface area (Å²) in [6.07, 6.45) is 2.35. The standard InChI is InChI=1S/C8H11BrN2OS/c9-7-6(8(10)12-11-7)5-1-3-13-4-2-5/h5H,1-4,10H2. The summed E-state index contributed by atoms with van der Waals surface area (Å²) >= 11 is 5.36. The third kappa shape index (κ3) is 1.86. The summed E-state index contributed by atoms with van der Waals surface area (Å²) in [6, 6.07) is 0. The maximum Gasteiger partial charge on any atom is 0.226 e. The minimum absolute atomic E-state index is 0.476. The molecule has 0 bridgehead atoms. The Labute approximate surface area is 89.5 Å². The molecule has 0 amide bonds. The highest BCUT2D eigenvalue weighted by Crippen LogP contribution is 2.38. The van der Waals surface area contributed by atoms with Gasteiger partial charge in [-0.05, 0) is 46.2 Å². The first-order valence-corrected chi connectivity index (χ1v) is 6.22. The van der Waals surface area contributed by atoms with Crippen LogP contribution in [0.4, 0.5) is 5.88 Å². The van der Waals surface area contributed by atoms with Crippen molar-refractivity contribution in [2.75, 3.05) is 17.2 Å². The van der Waals surface area contributed by atoms with Crippen LogP contribution in [0.25, 0.3) is 0 Å². The fourth-order valence-corrected chi connectivity index (χ4v) is 3.34. The predicted octanol–water partition coefficient (Wildman–Crippen LogP) is 2.63. The molecule has 1 fully saturated rings. The highest BCUT2D eigenvalue weighted by molar-refractivity contribution is 9.10. The molecule has 1 aliphatic rings. The lowest BCUT2D eigenvalue weighted by atomic mass is 9.96. The van der Waals surface area contributed by atoms with Crippen LogP contribution in [0, 0.1) is 0 Å². The SMILES string of the molecule is Nc1onc(Br)c1C1CCSCC1. The van der Waals surface area contributed by atoms with E-state index in [0.29, 0.717) is 11.8 Å². The minimum atomic E-state index is 0.476. The summed E-state index contributed by atoms with van der Waals surface area (Å²) in [7, 11) is 0. The summed E-state index contributed by atoms with van der Waals surface area (Å²) in [6.45, 7) is 0. The average molecular weight is 263 g/mol. The molecule has 2 N–H and O–H groups in total. The van der Waals surface area contributed by atoms with Crippen LogP contribution in [0.3, 0.4) is 0 Å². The second-order valence-electron chi connectivity index (χ2n) is 3.14. The molecule has 0 aliphatic carbocycles. The van der Waals surface area contributed by atoms with Gasteiger partial charge in [0.2, 0.25) is 5.88 Å². The van der Waals surface area contributed by atoms with Crippen molar-refractivity contribution in [1.29, 1.82) is 0 Å². The van der Waals surface area contributed by atoms with E-state index in [-0.39, 0.29) is 0 Å². The lowest BCUT2D eigenvalue weighted by molar-refractivity contribution is 0.431. The van der Waals surface area contributed by atoms with E-state index in [4.69, 9.17) is 10.3 Å². The number of halogens is 1. The summed E-state index contributed by atoms with van der Waals surface area (Å²) < 4.78 is 5.70. The molecule has 0 saturated carbocycles. The lowest BCUT2D eigenvalue weighted by Gasteiger charge is -2.20. The first-order valence-electron chi connectivity index (χ1n) is 4.27. The van der Waals surface area contributed by atoms with Crippen molar-refractivity contribution in [2.45, 2.75) is 18.8 Å². The van der Waals surface area contributed by atoms with Crippen molar-refractivity contribution in [3.05, 3.63) is 10.2 Å². The maximum atomic E-state index is 5.71. The second-order valence-corrected chi connectivity index (χ2v) is 5.11. The minimum Gasteiger partial charge on any atom is -0.367 e. The molecule has 0 spiro atoms. The molecule has 1 aromatic heterocycles. The van der Waals surface area contributed by atoms with Gasteiger partial charge in [-0.25, -0.2) is 0 Å². The van der Waals surface area contributed by atoms with Gasteiger partial charge in [0.15, 0.2) is 4.60 Å². The van der Waals surface area contributed by atoms with E-state index in [1.807, 2.05) is 11.8 Å². The Balaban J connectivity index is 2.22. The molecule has 1 aliphatic heterocycles. The van der Waals surface area contributed by atoms with E-state index in [2.05, 4.69) is 21.1 Å². The van der Waals surface area contributed by atoms with Gasteiger partial charge in [-0.3, -0.25) is 0 Å². The number of hydrogen-bond donors (Lipinski definition) is 1. The highest BCUT2D eigenvalue weighted by atomic mass is 79.9. The summed E-state index contributed by atoms with van der Waals surface area (Å²) in [5.41, 5.74) is 6.78. The molecule has 2 heterocycles. The van der Waals surface area contributed by atoms with Crippen molar-refractivity contribution < 1.29 is 4.52 Å². The van der Waals surface area contributed by atoms with E-state index in [0.717, 1.165) is 10.2 Å². The molecule has 0 aromatic carbocycles. The van der Waals surface area contributed by atoms with Crippen molar-refractivity contribution in [3.8, 4) is 0 Å². The normalized spacial score (nSPS) is 19.2. The van der Waals surface area contributed by atoms with Crippen LogP contribution in [0.1, 0.15) is 24.3 Å². The van der Waals surface area contributed by atoms with E-state index < -0.39 is 0 Å². The van der Waals surface area contributed by atoms with Crippen molar-refractivity contribution in [3.63, 3.8) is 0 Å². The fourth-order valence-electron chi connectivity index (χ4n) is 1.65. The molecule has 0 atom stereocenters. The Hall–Kier alpha value is -0.160. The molecular formula is C8H11BrN2OS. The van der Waals surface area contributed by atoms with Gasteiger partial charge >= 0.3 is 0 Å². The van der Waals surface area contributed by atoms with Gasteiger partial charge < -0.3 is 10.3 Å². The van der Waals surface area contributed by atoms with Crippen LogP contribution < -0.4 is 5.73 Å². The Morgan fingerprint density at radius 2 is 2.15 bits per heavy atom. The van der Waals surface area contributed by atoms with E-state index in [1.165, 1.54) is 24.3 Å². The first-order chi connectivity index (χ1) is 6.29. The maximum absolute atomic E-state index is 5.71. The molecule has 2 rings (SSSR count). The van der Waals surface area contributed by atoms with Crippen LogP contribution in [-0.2, 0) is 0 Å². The number of thioether (sulfide) groups is 1. The number of nitrogens with zero attached hydrogens (tertiary/aromatic N) is 1. The van der Waals surface area contributed by atoms with Gasteiger partial charge in [0.05, 0.1) is 5.56 Å². The summed E-state index contributed by atoms with van der Waals surface area (Å²) in [4.78, 5) is 0. The number of rotatable bonds is 1. The number of nitrogen functional groups attached to an aromatic ring is 1. The van der Waals surface area contributed by atoms with E-state index in [9.17, 15) is 0 Å². The first kappa shape index (κ1) is 9.40. The van der Waals surface area contributed by atoms with Crippen LogP contribution >= 0.6 is 27.7 Å². The fraction of sp³-hybridized carbons (Fsp3) is 0.625. The quantitative estimate of drug-likeness (QED) is 0.846. The molecule has 3 nitrogen and oxygen atoms in total. The van der Waals surface area contributed by atoms with Gasteiger partial charge in [-0.1, -0.05) is 5.16 Å². The highest BCUT2D eigenvalue weighted by Gasteiger charge is 2.23. The molecule has 0 unspecified atom stereocenters. The van der Waals surface area contributed by atoms with Gasteiger partial charge in [-0.2, -0.15) is 11.8 Å². The molecule has 13 heavy (non-hydrogen) atoms. The Morgan fingerprint density at radius 1 is 1.46 bits per heavy atom. The molecule has 72 valence electrons. The molecular weight excluding hydrogens is 252 g/mol. The molecule has 1 aromatic rings. The van der Waals surface area contributed by atoms with E-state index >= 15 is 0 Å². The molecule has 5 heteroatoms. The van der Waals surface area contributed by atoms with Crippen LogP contribution in [-0.4, -0.2) is 16.7 Å². The second kappa shape index (κ2) is 3.92. The zero-order chi connectivity index (χ0) is 9.26. The predicted molar refractivity (Wildman–Crippen MR) is 57.9 cm³/mol. The monoisotopic (exact) mass is 262 g/mol. The third-order valence-corrected chi connectivity index (χ3v) is 3.96. The van der Waals surface area contributed by atoms with Crippen LogP contribution in [0.5, 0.6) is 0 Å². The van der Waals surface area contributed by atoms with Crippen molar-refractivity contribution in [1.82, 2.24) is 5.16 Å². The van der Waals surface area contributed by atoms with Crippen LogP contribution in [0.15, 0.2) is 9.13 Å². The molecule has 0 radical (unpaired) electrons. The summed E-state index contributed by atoms with van der Waals surface area (Å²) in [5, 5.41) is 3.80. The van der Waals surface area contributed by atoms with E-state index in [1.54, 1.807) is 0 Å². The lowest BCUT2D eigenvalue weighted by Crippen LogP contribution is -2.09. The number of anilines is 1. The van der Waals surface area contributed by atoms with Gasteiger partial charge in [0, 0.05) is 0 Å². The van der Waals surface area contributed by atoms with Gasteiger partial charge in [0.1, 0.15) is 0 Å². The van der Waals surface area contributed by atoms with Crippen molar-refractivity contribution >= 4 is 33.6 Å². The number of aromatic nitrogens is 1. The zero-order valence-electron chi connectivity index (χ0n) is 7.12. The zero-order valence-corrected chi connectivity index (χ0v) is 9.53. The Morgan fingerprint density at radius 3 is 2.69 bits per heavy atom. The number of nitrogens with two attached hydrogens (primary N) is 1. The van der Waals surface area contributed by atoms with Crippen LogP contribution in [0.2, 0.25) is 0 Å². The number of hydrogen-bond acceptors (Lipinski definition) is 4. The Bertz CT molecular complexity index is 277. The smallest absolute Gasteiger partial charge is 0.226 e. The van der Waals surface area contributed by atoms with Crippen molar-refractivity contribution in [2.24, 2.45) is 0 Å². The topological polar surface area (TPSA) is 52.0 Å². The molecule has 1 saturated heterocycles. The largest absolute Gasteiger partial charge is 0.367 e.